The molecular weight excluding hydrogens is 408 g/mol. The summed E-state index contributed by atoms with van der Waals surface area (Å²) in [6.07, 6.45) is 0. The van der Waals surface area contributed by atoms with E-state index < -0.39 is 0 Å². The number of anilines is 1. The number of benzene rings is 3. The van der Waals surface area contributed by atoms with Gasteiger partial charge in [0.2, 0.25) is 12.7 Å². The minimum absolute atomic E-state index is 0.189. The monoisotopic (exact) mass is 428 g/mol. The number of rotatable bonds is 6. The lowest BCUT2D eigenvalue weighted by Crippen LogP contribution is -2.11. The molecule has 0 bridgehead atoms. The third-order valence-electron chi connectivity index (χ3n) is 5.04. The van der Waals surface area contributed by atoms with Crippen LogP contribution in [-0.4, -0.2) is 17.7 Å². The van der Waals surface area contributed by atoms with Gasteiger partial charge in [0, 0.05) is 22.9 Å². The Morgan fingerprint density at radius 2 is 1.78 bits per heavy atom. The molecule has 7 heteroatoms. The lowest BCUT2D eigenvalue weighted by atomic mass is 10.1. The highest BCUT2D eigenvalue weighted by Gasteiger charge is 2.16. The molecule has 0 spiro atoms. The smallest absolute Gasteiger partial charge is 0.255 e. The summed E-state index contributed by atoms with van der Waals surface area (Å²) >= 11 is 0. The average Bonchev–Trinajstić information content (AvgIpc) is 3.44. The quantitative estimate of drug-likeness (QED) is 0.454. The molecule has 7 nitrogen and oxygen atoms in total. The topological polar surface area (TPSA) is 82.8 Å². The van der Waals surface area contributed by atoms with Crippen LogP contribution < -0.4 is 19.5 Å². The Labute approximate surface area is 184 Å². The molecule has 2 heterocycles. The summed E-state index contributed by atoms with van der Waals surface area (Å²) in [6, 6.07) is 21.9. The molecule has 5 rings (SSSR count). The molecule has 0 unspecified atom stereocenters. The van der Waals surface area contributed by atoms with Crippen LogP contribution in [0.15, 0.2) is 77.2 Å². The fourth-order valence-corrected chi connectivity index (χ4v) is 3.30. The molecule has 3 aromatic carbocycles. The van der Waals surface area contributed by atoms with Crippen LogP contribution in [0.25, 0.3) is 11.5 Å². The van der Waals surface area contributed by atoms with Gasteiger partial charge in [-0.05, 0) is 55.5 Å². The molecular formula is C25H20N2O5. The second kappa shape index (κ2) is 8.47. The molecule has 0 saturated heterocycles. The SMILES string of the molecule is Cc1oc(-c2ccc(C(=O)Nc3ccc4c(c3)OCO4)cc2)nc1COc1ccccc1. The van der Waals surface area contributed by atoms with Crippen molar-refractivity contribution in [2.24, 2.45) is 0 Å². The molecule has 0 saturated carbocycles. The third kappa shape index (κ3) is 4.13. The van der Waals surface area contributed by atoms with Gasteiger partial charge in [-0.15, -0.1) is 0 Å². The first kappa shape index (κ1) is 19.7. The molecule has 1 amide bonds. The Balaban J connectivity index is 1.25. The molecule has 160 valence electrons. The molecule has 1 aliphatic heterocycles. The number of carbonyl (C=O) groups is 1. The van der Waals surface area contributed by atoms with Crippen LogP contribution in [0.1, 0.15) is 21.8 Å². The van der Waals surface area contributed by atoms with E-state index in [1.54, 1.807) is 30.3 Å². The van der Waals surface area contributed by atoms with Crippen LogP contribution in [0.2, 0.25) is 0 Å². The van der Waals surface area contributed by atoms with Gasteiger partial charge < -0.3 is 23.9 Å². The van der Waals surface area contributed by atoms with Gasteiger partial charge in [0.25, 0.3) is 5.91 Å². The molecule has 0 aliphatic carbocycles. The van der Waals surface area contributed by atoms with Gasteiger partial charge in [-0.1, -0.05) is 18.2 Å². The zero-order valence-electron chi connectivity index (χ0n) is 17.3. The summed E-state index contributed by atoms with van der Waals surface area (Å²) in [5.41, 5.74) is 2.66. The van der Waals surface area contributed by atoms with Crippen molar-refractivity contribution in [1.82, 2.24) is 4.98 Å². The molecule has 1 aliphatic rings. The van der Waals surface area contributed by atoms with Gasteiger partial charge >= 0.3 is 0 Å². The number of carbonyl (C=O) groups excluding carboxylic acids is 1. The molecule has 1 N–H and O–H groups in total. The lowest BCUT2D eigenvalue weighted by Gasteiger charge is -2.06. The van der Waals surface area contributed by atoms with Gasteiger partial charge in [-0.2, -0.15) is 0 Å². The van der Waals surface area contributed by atoms with Crippen molar-refractivity contribution < 1.29 is 23.4 Å². The minimum atomic E-state index is -0.226. The first-order chi connectivity index (χ1) is 15.7. The van der Waals surface area contributed by atoms with E-state index in [9.17, 15) is 4.79 Å². The van der Waals surface area contributed by atoms with Gasteiger partial charge in [0.1, 0.15) is 23.8 Å². The molecule has 32 heavy (non-hydrogen) atoms. The number of oxazole rings is 1. The standard InChI is InChI=1S/C25H20N2O5/c1-16-21(14-29-20-5-3-2-4-6-20)27-25(32-16)18-9-7-17(8-10-18)24(28)26-19-11-12-22-23(13-19)31-15-30-22/h2-13H,14-15H2,1H3,(H,26,28). The Kier molecular flexibility index (Phi) is 5.21. The number of para-hydroxylation sites is 1. The van der Waals surface area contributed by atoms with E-state index in [2.05, 4.69) is 10.3 Å². The molecule has 0 fully saturated rings. The van der Waals surface area contributed by atoms with Gasteiger partial charge in [-0.25, -0.2) is 4.98 Å². The predicted molar refractivity (Wildman–Crippen MR) is 118 cm³/mol. The van der Waals surface area contributed by atoms with E-state index in [1.165, 1.54) is 0 Å². The van der Waals surface area contributed by atoms with Crippen molar-refractivity contribution in [1.29, 1.82) is 0 Å². The van der Waals surface area contributed by atoms with E-state index in [0.29, 0.717) is 41.0 Å². The maximum Gasteiger partial charge on any atom is 0.255 e. The summed E-state index contributed by atoms with van der Waals surface area (Å²) in [5.74, 6) is 3.01. The summed E-state index contributed by atoms with van der Waals surface area (Å²) in [5, 5.41) is 2.86. The number of fused-ring (bicyclic) bond motifs is 1. The van der Waals surface area contributed by atoms with E-state index in [-0.39, 0.29) is 12.7 Å². The van der Waals surface area contributed by atoms with Crippen LogP contribution in [0.3, 0.4) is 0 Å². The third-order valence-corrected chi connectivity index (χ3v) is 5.04. The number of aryl methyl sites for hydroxylation is 1. The normalized spacial score (nSPS) is 11.9. The number of aromatic nitrogens is 1. The Morgan fingerprint density at radius 3 is 2.59 bits per heavy atom. The van der Waals surface area contributed by atoms with Crippen molar-refractivity contribution >= 4 is 11.6 Å². The molecule has 0 atom stereocenters. The Hall–Kier alpha value is -4.26. The number of nitrogens with one attached hydrogen (secondary N) is 1. The van der Waals surface area contributed by atoms with Crippen molar-refractivity contribution in [2.45, 2.75) is 13.5 Å². The highest BCUT2D eigenvalue weighted by molar-refractivity contribution is 6.04. The number of hydrogen-bond acceptors (Lipinski definition) is 6. The summed E-state index contributed by atoms with van der Waals surface area (Å²) < 4.78 is 22.2. The second-order valence-electron chi connectivity index (χ2n) is 7.22. The number of hydrogen-bond donors (Lipinski definition) is 1. The predicted octanol–water partition coefficient (Wildman–Crippen LogP) is 5.21. The first-order valence-electron chi connectivity index (χ1n) is 10.1. The maximum absolute atomic E-state index is 12.6. The summed E-state index contributed by atoms with van der Waals surface area (Å²) in [4.78, 5) is 17.2. The van der Waals surface area contributed by atoms with Crippen molar-refractivity contribution in [3.8, 4) is 28.7 Å². The average molecular weight is 428 g/mol. The molecule has 1 aromatic heterocycles. The van der Waals surface area contributed by atoms with E-state index in [1.807, 2.05) is 49.4 Å². The van der Waals surface area contributed by atoms with Crippen LogP contribution in [0.5, 0.6) is 17.2 Å². The number of ether oxygens (including phenoxy) is 3. The second-order valence-corrected chi connectivity index (χ2v) is 7.22. The molecule has 4 aromatic rings. The number of nitrogens with zero attached hydrogens (tertiary/aromatic N) is 1. The Bertz CT molecular complexity index is 1250. The zero-order valence-corrected chi connectivity index (χ0v) is 17.3. The zero-order chi connectivity index (χ0) is 21.9. The fourth-order valence-electron chi connectivity index (χ4n) is 3.30. The first-order valence-corrected chi connectivity index (χ1v) is 10.1. The van der Waals surface area contributed by atoms with E-state index in [0.717, 1.165) is 17.0 Å². The summed E-state index contributed by atoms with van der Waals surface area (Å²) in [7, 11) is 0. The van der Waals surface area contributed by atoms with Crippen molar-refractivity contribution in [3.63, 3.8) is 0 Å². The van der Waals surface area contributed by atoms with Crippen molar-refractivity contribution in [3.05, 3.63) is 89.8 Å². The summed E-state index contributed by atoms with van der Waals surface area (Å²) in [6.45, 7) is 2.36. The van der Waals surface area contributed by atoms with Gasteiger partial charge in [0.05, 0.1) is 0 Å². The largest absolute Gasteiger partial charge is 0.487 e. The van der Waals surface area contributed by atoms with Gasteiger partial charge in [0.15, 0.2) is 11.5 Å². The van der Waals surface area contributed by atoms with E-state index >= 15 is 0 Å². The highest BCUT2D eigenvalue weighted by atomic mass is 16.7. The van der Waals surface area contributed by atoms with E-state index in [4.69, 9.17) is 18.6 Å². The highest BCUT2D eigenvalue weighted by Crippen LogP contribution is 2.34. The van der Waals surface area contributed by atoms with Crippen LogP contribution in [0.4, 0.5) is 5.69 Å². The van der Waals surface area contributed by atoms with Crippen LogP contribution in [0, 0.1) is 6.92 Å². The van der Waals surface area contributed by atoms with Crippen LogP contribution in [-0.2, 0) is 6.61 Å². The van der Waals surface area contributed by atoms with Crippen molar-refractivity contribution in [2.75, 3.05) is 12.1 Å². The molecule has 0 radical (unpaired) electrons. The minimum Gasteiger partial charge on any atom is -0.487 e. The van der Waals surface area contributed by atoms with Crippen LogP contribution >= 0.6 is 0 Å². The fraction of sp³-hybridized carbons (Fsp3) is 0.120. The lowest BCUT2D eigenvalue weighted by molar-refractivity contribution is 0.102. The Morgan fingerprint density at radius 1 is 1.00 bits per heavy atom. The number of amides is 1. The van der Waals surface area contributed by atoms with Gasteiger partial charge in [-0.3, -0.25) is 4.79 Å². The maximum atomic E-state index is 12.6.